The molecule has 3 heterocycles. The molecule has 3 aromatic heterocycles. The highest BCUT2D eigenvalue weighted by molar-refractivity contribution is 6.33. The summed E-state index contributed by atoms with van der Waals surface area (Å²) in [6, 6.07) is 17.2. The summed E-state index contributed by atoms with van der Waals surface area (Å²) in [5.74, 6) is 0.266. The summed E-state index contributed by atoms with van der Waals surface area (Å²) in [4.78, 5) is 22.1. The van der Waals surface area contributed by atoms with Crippen molar-refractivity contribution >= 4 is 28.8 Å². The van der Waals surface area contributed by atoms with Crippen molar-refractivity contribution in [2.75, 3.05) is 31.6 Å². The maximum absolute atomic E-state index is 13.0. The first-order valence-corrected chi connectivity index (χ1v) is 14.4. The maximum Gasteiger partial charge on any atom is 0.274 e. The minimum atomic E-state index is -0.294. The number of aliphatic hydroxyl groups is 2. The Labute approximate surface area is 254 Å². The molecular weight excluding hydrogens is 566 g/mol. The number of carbonyl (C=O) groups is 1. The highest BCUT2D eigenvalue weighted by atomic mass is 35.5. The maximum atomic E-state index is 13.0. The van der Waals surface area contributed by atoms with Gasteiger partial charge in [0.2, 0.25) is 0 Å². The van der Waals surface area contributed by atoms with Gasteiger partial charge < -0.3 is 26.2 Å². The average Bonchev–Trinajstić information content (AvgIpc) is 3.44. The fourth-order valence-corrected chi connectivity index (χ4v) is 5.18. The molecular formula is C32H34ClN7O3. The molecule has 0 bridgehead atoms. The molecule has 0 saturated heterocycles. The van der Waals surface area contributed by atoms with E-state index in [1.54, 1.807) is 16.8 Å². The first kappa shape index (κ1) is 30.3. The van der Waals surface area contributed by atoms with Gasteiger partial charge in [0, 0.05) is 49.8 Å². The Hall–Kier alpha value is -4.19. The third kappa shape index (κ3) is 6.90. The molecule has 0 aliphatic carbocycles. The summed E-state index contributed by atoms with van der Waals surface area (Å²) >= 11 is 6.55. The van der Waals surface area contributed by atoms with Gasteiger partial charge in [-0.3, -0.25) is 9.78 Å². The van der Waals surface area contributed by atoms with Gasteiger partial charge in [-0.2, -0.15) is 0 Å². The molecule has 10 nitrogen and oxygen atoms in total. The lowest BCUT2D eigenvalue weighted by molar-refractivity contribution is 0.102. The molecule has 11 heteroatoms. The summed E-state index contributed by atoms with van der Waals surface area (Å²) in [5.41, 5.74) is 8.22. The first-order valence-electron chi connectivity index (χ1n) is 14.0. The van der Waals surface area contributed by atoms with Gasteiger partial charge in [-0.15, -0.1) is 5.10 Å². The molecule has 43 heavy (non-hydrogen) atoms. The van der Waals surface area contributed by atoms with E-state index >= 15 is 0 Å². The van der Waals surface area contributed by atoms with Crippen LogP contribution in [0.2, 0.25) is 5.02 Å². The van der Waals surface area contributed by atoms with Gasteiger partial charge >= 0.3 is 0 Å². The van der Waals surface area contributed by atoms with Gasteiger partial charge in [0.1, 0.15) is 5.69 Å². The van der Waals surface area contributed by atoms with Crippen LogP contribution >= 0.6 is 11.6 Å². The Balaban J connectivity index is 1.39. The van der Waals surface area contributed by atoms with Crippen LogP contribution in [0.25, 0.3) is 28.2 Å². The molecule has 5 N–H and O–H groups in total. The molecule has 0 unspecified atom stereocenters. The molecule has 0 radical (unpaired) electrons. The van der Waals surface area contributed by atoms with E-state index in [4.69, 9.17) is 31.9 Å². The average molecular weight is 600 g/mol. The number of halogens is 1. The largest absolute Gasteiger partial charge is 0.395 e. The van der Waals surface area contributed by atoms with Gasteiger partial charge in [0.05, 0.1) is 18.2 Å². The van der Waals surface area contributed by atoms with Crippen LogP contribution < -0.4 is 16.0 Å². The van der Waals surface area contributed by atoms with Crippen LogP contribution in [0.3, 0.4) is 0 Å². The molecule has 0 aliphatic heterocycles. The number of fused-ring (bicyclic) bond motifs is 1. The summed E-state index contributed by atoms with van der Waals surface area (Å²) in [6.07, 6.45) is 3.54. The number of hydrogen-bond acceptors (Lipinski definition) is 8. The van der Waals surface area contributed by atoms with Gasteiger partial charge in [-0.25, -0.2) is 9.50 Å². The van der Waals surface area contributed by atoms with Gasteiger partial charge in [0.15, 0.2) is 11.5 Å². The zero-order valence-electron chi connectivity index (χ0n) is 24.1. The number of nitrogens with zero attached hydrogens (tertiary/aromatic N) is 4. The Bertz CT molecular complexity index is 1740. The van der Waals surface area contributed by atoms with E-state index in [0.29, 0.717) is 54.1 Å². The van der Waals surface area contributed by atoms with Crippen LogP contribution in [0.15, 0.2) is 67.0 Å². The Morgan fingerprint density at radius 3 is 2.26 bits per heavy atom. The Morgan fingerprint density at radius 2 is 1.56 bits per heavy atom. The molecule has 0 aliphatic rings. The number of amides is 1. The van der Waals surface area contributed by atoms with Gasteiger partial charge in [-0.05, 0) is 65.4 Å². The normalized spacial score (nSPS) is 11.3. The molecule has 222 valence electrons. The van der Waals surface area contributed by atoms with Crippen molar-refractivity contribution in [3.63, 3.8) is 0 Å². The number of hydrogen-bond donors (Lipinski definition) is 5. The quantitative estimate of drug-likeness (QED) is 0.135. The SMILES string of the molecule is Cc1c(NC(=O)c2ccc(CNCCO)cn2)cccc1-c1cccc(-c2nc3c(Cl)cc(CNCCO)cn3n2)c1C. The highest BCUT2D eigenvalue weighted by Crippen LogP contribution is 2.35. The van der Waals surface area contributed by atoms with Crippen molar-refractivity contribution in [2.24, 2.45) is 0 Å². The van der Waals surface area contributed by atoms with Crippen molar-refractivity contribution in [3.05, 3.63) is 100.0 Å². The molecule has 5 aromatic rings. The van der Waals surface area contributed by atoms with Crippen LogP contribution in [-0.2, 0) is 13.1 Å². The Kier molecular flexibility index (Phi) is 9.75. The number of nitrogens with one attached hydrogen (secondary N) is 3. The summed E-state index contributed by atoms with van der Waals surface area (Å²) in [7, 11) is 0. The molecule has 2 aromatic carbocycles. The fraction of sp³-hybridized carbons (Fsp3) is 0.250. The van der Waals surface area contributed by atoms with Crippen LogP contribution in [0.1, 0.15) is 32.7 Å². The number of carbonyl (C=O) groups excluding carboxylic acids is 1. The van der Waals surface area contributed by atoms with Crippen LogP contribution in [0.4, 0.5) is 5.69 Å². The molecule has 0 spiro atoms. The smallest absolute Gasteiger partial charge is 0.274 e. The Morgan fingerprint density at radius 1 is 0.884 bits per heavy atom. The minimum Gasteiger partial charge on any atom is -0.395 e. The summed E-state index contributed by atoms with van der Waals surface area (Å²) in [5, 5.41) is 32.4. The van der Waals surface area contributed by atoms with Crippen molar-refractivity contribution in [2.45, 2.75) is 26.9 Å². The van der Waals surface area contributed by atoms with E-state index in [1.165, 1.54) is 0 Å². The standard InChI is InChI=1S/C32H34ClN7O3/c1-20-24(5-3-7-26(20)30-38-31-27(33)15-23(17-35-12-14-42)19-40(31)39-30)25-6-4-8-28(21(25)2)37-32(43)29-10-9-22(18-36-29)16-34-11-13-41/h3-10,15,18-19,34-35,41-42H,11-14,16-17H2,1-2H3,(H,37,43). The van der Waals surface area contributed by atoms with E-state index in [2.05, 4.69) is 20.9 Å². The third-order valence-electron chi connectivity index (χ3n) is 7.18. The first-order chi connectivity index (χ1) is 20.9. The number of benzene rings is 2. The molecule has 5 rings (SSSR count). The van der Waals surface area contributed by atoms with Crippen LogP contribution in [0.5, 0.6) is 0 Å². The van der Waals surface area contributed by atoms with E-state index in [9.17, 15) is 4.79 Å². The second kappa shape index (κ2) is 13.9. The van der Waals surface area contributed by atoms with Crippen LogP contribution in [0, 0.1) is 13.8 Å². The zero-order valence-corrected chi connectivity index (χ0v) is 24.8. The van der Waals surface area contributed by atoms with E-state index in [-0.39, 0.29) is 19.1 Å². The summed E-state index contributed by atoms with van der Waals surface area (Å²) < 4.78 is 1.69. The van der Waals surface area contributed by atoms with Gasteiger partial charge in [-0.1, -0.05) is 48.0 Å². The summed E-state index contributed by atoms with van der Waals surface area (Å²) in [6.45, 7) is 6.24. The zero-order chi connectivity index (χ0) is 30.3. The van der Waals surface area contributed by atoms with E-state index < -0.39 is 0 Å². The second-order valence-corrected chi connectivity index (χ2v) is 10.6. The highest BCUT2D eigenvalue weighted by Gasteiger charge is 2.17. The number of aromatic nitrogens is 4. The lowest BCUT2D eigenvalue weighted by Gasteiger charge is -2.15. The minimum absolute atomic E-state index is 0.0597. The number of anilines is 1. The predicted molar refractivity (Wildman–Crippen MR) is 168 cm³/mol. The predicted octanol–water partition coefficient (Wildman–Crippen LogP) is 4.14. The third-order valence-corrected chi connectivity index (χ3v) is 7.46. The number of pyridine rings is 2. The second-order valence-electron chi connectivity index (χ2n) is 10.2. The number of rotatable bonds is 12. The van der Waals surface area contributed by atoms with Crippen molar-refractivity contribution in [3.8, 4) is 22.5 Å². The van der Waals surface area contributed by atoms with Crippen LogP contribution in [-0.4, -0.2) is 62.0 Å². The lowest BCUT2D eigenvalue weighted by atomic mass is 9.92. The van der Waals surface area contributed by atoms with Crippen molar-refractivity contribution < 1.29 is 15.0 Å². The molecule has 0 saturated carbocycles. The molecule has 0 atom stereocenters. The molecule has 0 fully saturated rings. The van der Waals surface area contributed by atoms with E-state index in [1.807, 2.05) is 68.6 Å². The monoisotopic (exact) mass is 599 g/mol. The van der Waals surface area contributed by atoms with Crippen molar-refractivity contribution in [1.82, 2.24) is 30.2 Å². The van der Waals surface area contributed by atoms with Crippen molar-refractivity contribution in [1.29, 1.82) is 0 Å². The lowest BCUT2D eigenvalue weighted by Crippen LogP contribution is -2.18. The van der Waals surface area contributed by atoms with E-state index in [0.717, 1.165) is 38.9 Å². The van der Waals surface area contributed by atoms with Gasteiger partial charge in [0.25, 0.3) is 5.91 Å². The topological polar surface area (TPSA) is 137 Å². The number of aliphatic hydroxyl groups excluding tert-OH is 2. The fourth-order valence-electron chi connectivity index (χ4n) is 4.91. The molecule has 1 amide bonds.